The van der Waals surface area contributed by atoms with Crippen LogP contribution in [-0.2, 0) is 9.47 Å². The highest BCUT2D eigenvalue weighted by Gasteiger charge is 2.39. The molecule has 2 aromatic heterocycles. The normalized spacial score (nSPS) is 24.0. The van der Waals surface area contributed by atoms with E-state index in [1.807, 2.05) is 36.4 Å². The van der Waals surface area contributed by atoms with Crippen LogP contribution < -0.4 is 25.3 Å². The Morgan fingerprint density at radius 1 is 0.818 bits per heavy atom. The second-order valence-corrected chi connectivity index (χ2v) is 12.1. The first-order valence-corrected chi connectivity index (χ1v) is 15.5. The summed E-state index contributed by atoms with van der Waals surface area (Å²) in [4.78, 5) is 41.3. The van der Waals surface area contributed by atoms with Crippen LogP contribution in [0.3, 0.4) is 0 Å². The fourth-order valence-electron chi connectivity index (χ4n) is 6.38. The number of piperazine rings is 1. The highest BCUT2D eigenvalue weighted by atomic mass is 16.5. The SMILES string of the molecule is CC1COCCN1c1nc(-c2ccc(NC(=O)Nc3ccc(N4CCN(C)CC4)nc3)cc2)nc(N2C3CCC2COC3)n1. The molecule has 4 saturated heterocycles. The van der Waals surface area contributed by atoms with E-state index in [0.29, 0.717) is 55.5 Å². The number of nitrogens with one attached hydrogen (secondary N) is 2. The molecule has 13 heteroatoms. The third-order valence-corrected chi connectivity index (χ3v) is 8.94. The summed E-state index contributed by atoms with van der Waals surface area (Å²) >= 11 is 0. The van der Waals surface area contributed by atoms with Crippen LogP contribution in [0.5, 0.6) is 0 Å². The number of urea groups is 1. The molecular formula is C31H40N10O3. The third-order valence-electron chi connectivity index (χ3n) is 8.94. The number of aromatic nitrogens is 4. The summed E-state index contributed by atoms with van der Waals surface area (Å²) in [6.45, 7) is 9.44. The molecule has 3 atom stereocenters. The minimum Gasteiger partial charge on any atom is -0.377 e. The monoisotopic (exact) mass is 600 g/mol. The van der Waals surface area contributed by atoms with Gasteiger partial charge >= 0.3 is 6.03 Å². The molecule has 3 aromatic rings. The first-order valence-electron chi connectivity index (χ1n) is 15.5. The average molecular weight is 601 g/mol. The van der Waals surface area contributed by atoms with E-state index in [-0.39, 0.29) is 24.2 Å². The Labute approximate surface area is 257 Å². The molecule has 1 aromatic carbocycles. The lowest BCUT2D eigenvalue weighted by Crippen LogP contribution is -2.48. The van der Waals surface area contributed by atoms with Gasteiger partial charge in [0.15, 0.2) is 5.82 Å². The molecule has 44 heavy (non-hydrogen) atoms. The van der Waals surface area contributed by atoms with Gasteiger partial charge in [-0.2, -0.15) is 15.0 Å². The number of rotatable bonds is 6. The Morgan fingerprint density at radius 3 is 2.23 bits per heavy atom. The summed E-state index contributed by atoms with van der Waals surface area (Å²) in [7, 11) is 2.13. The average Bonchev–Trinajstić information content (AvgIpc) is 3.30. The first kappa shape index (κ1) is 28.7. The van der Waals surface area contributed by atoms with E-state index in [2.05, 4.69) is 49.2 Å². The van der Waals surface area contributed by atoms with E-state index in [9.17, 15) is 4.79 Å². The van der Waals surface area contributed by atoms with Gasteiger partial charge < -0.3 is 39.7 Å². The summed E-state index contributed by atoms with van der Waals surface area (Å²) in [5.74, 6) is 2.90. The van der Waals surface area contributed by atoms with Gasteiger partial charge in [-0.25, -0.2) is 9.78 Å². The van der Waals surface area contributed by atoms with Gasteiger partial charge in [0, 0.05) is 44.0 Å². The van der Waals surface area contributed by atoms with Crippen LogP contribution in [0.4, 0.5) is 33.9 Å². The van der Waals surface area contributed by atoms with E-state index in [1.165, 1.54) is 0 Å². The number of hydrogen-bond donors (Lipinski definition) is 2. The summed E-state index contributed by atoms with van der Waals surface area (Å²) in [5.41, 5.74) is 2.15. The zero-order chi connectivity index (χ0) is 30.0. The fraction of sp³-hybridized carbons (Fsp3) is 0.516. The molecule has 3 unspecified atom stereocenters. The van der Waals surface area contributed by atoms with Crippen molar-refractivity contribution < 1.29 is 14.3 Å². The van der Waals surface area contributed by atoms with Gasteiger partial charge in [0.25, 0.3) is 0 Å². The molecule has 2 amide bonds. The van der Waals surface area contributed by atoms with Crippen LogP contribution >= 0.6 is 0 Å². The van der Waals surface area contributed by atoms with Crippen molar-refractivity contribution in [3.63, 3.8) is 0 Å². The highest BCUT2D eigenvalue weighted by Crippen LogP contribution is 2.34. The number of anilines is 5. The number of pyridine rings is 1. The molecule has 0 spiro atoms. The zero-order valence-electron chi connectivity index (χ0n) is 25.4. The number of amides is 2. The number of carbonyl (C=O) groups excluding carboxylic acids is 1. The second-order valence-electron chi connectivity index (χ2n) is 12.1. The number of benzene rings is 1. The standard InChI is InChI=1S/C31H40N10O3/c1-21-18-43-16-15-40(21)29-35-28(36-30(37-29)41-25-8-9-26(41)20-44-19-25)22-3-5-23(6-4-22)33-31(42)34-24-7-10-27(32-17-24)39-13-11-38(2)12-14-39/h3-7,10,17,21,25-26H,8-9,11-16,18-20H2,1-2H3,(H2,33,34,42). The minimum absolute atomic E-state index is 0.163. The van der Waals surface area contributed by atoms with E-state index < -0.39 is 0 Å². The molecule has 2 bridgehead atoms. The number of fused-ring (bicyclic) bond motifs is 2. The summed E-state index contributed by atoms with van der Waals surface area (Å²) in [5, 5.41) is 5.79. The van der Waals surface area contributed by atoms with Crippen molar-refractivity contribution >= 4 is 35.1 Å². The molecule has 13 nitrogen and oxygen atoms in total. The molecule has 7 rings (SSSR count). The van der Waals surface area contributed by atoms with Crippen molar-refractivity contribution in [2.45, 2.75) is 37.9 Å². The number of nitrogens with zero attached hydrogens (tertiary/aromatic N) is 8. The molecule has 2 N–H and O–H groups in total. The maximum atomic E-state index is 12.8. The minimum atomic E-state index is -0.333. The lowest BCUT2D eigenvalue weighted by Gasteiger charge is -2.36. The van der Waals surface area contributed by atoms with E-state index in [4.69, 9.17) is 24.4 Å². The molecule has 0 aliphatic carbocycles. The Hall–Kier alpha value is -4.07. The third kappa shape index (κ3) is 6.12. The number of likely N-dealkylation sites (N-methyl/N-ethyl adjacent to an activating group) is 1. The van der Waals surface area contributed by atoms with Gasteiger partial charge in [-0.3, -0.25) is 0 Å². The lowest BCUT2D eigenvalue weighted by atomic mass is 10.2. The van der Waals surface area contributed by atoms with Crippen LogP contribution in [0.2, 0.25) is 0 Å². The van der Waals surface area contributed by atoms with Crippen molar-refractivity contribution in [1.82, 2.24) is 24.8 Å². The number of ether oxygens (including phenoxy) is 2. The van der Waals surface area contributed by atoms with Gasteiger partial charge in [-0.05, 0) is 63.2 Å². The molecule has 232 valence electrons. The van der Waals surface area contributed by atoms with Crippen LogP contribution in [0.15, 0.2) is 42.6 Å². The Balaban J connectivity index is 1.05. The summed E-state index contributed by atoms with van der Waals surface area (Å²) in [6, 6.07) is 11.8. The van der Waals surface area contributed by atoms with Crippen molar-refractivity contribution in [3.8, 4) is 11.4 Å². The van der Waals surface area contributed by atoms with Gasteiger partial charge in [-0.1, -0.05) is 0 Å². The second kappa shape index (κ2) is 12.5. The van der Waals surface area contributed by atoms with Crippen LogP contribution in [0.1, 0.15) is 19.8 Å². The maximum Gasteiger partial charge on any atom is 0.323 e. The first-order chi connectivity index (χ1) is 21.5. The Morgan fingerprint density at radius 2 is 1.52 bits per heavy atom. The summed E-state index contributed by atoms with van der Waals surface area (Å²) < 4.78 is 11.5. The van der Waals surface area contributed by atoms with E-state index in [1.54, 1.807) is 6.20 Å². The van der Waals surface area contributed by atoms with E-state index >= 15 is 0 Å². The van der Waals surface area contributed by atoms with E-state index in [0.717, 1.165) is 56.9 Å². The van der Waals surface area contributed by atoms with Crippen molar-refractivity contribution in [2.24, 2.45) is 0 Å². The molecular weight excluding hydrogens is 560 g/mol. The quantitative estimate of drug-likeness (QED) is 0.434. The summed E-state index contributed by atoms with van der Waals surface area (Å²) in [6.07, 6.45) is 3.85. The Bertz CT molecular complexity index is 1430. The van der Waals surface area contributed by atoms with Crippen LogP contribution in [0.25, 0.3) is 11.4 Å². The lowest BCUT2D eigenvalue weighted by molar-refractivity contribution is 0.0895. The van der Waals surface area contributed by atoms with Gasteiger partial charge in [-0.15, -0.1) is 0 Å². The zero-order valence-corrected chi connectivity index (χ0v) is 25.4. The molecule has 0 radical (unpaired) electrons. The van der Waals surface area contributed by atoms with Crippen LogP contribution in [-0.4, -0.2) is 115 Å². The molecule has 4 aliphatic rings. The molecule has 0 saturated carbocycles. The van der Waals surface area contributed by atoms with Gasteiger partial charge in [0.05, 0.1) is 56.4 Å². The number of morpholine rings is 2. The van der Waals surface area contributed by atoms with Crippen molar-refractivity contribution in [3.05, 3.63) is 42.6 Å². The molecule has 4 fully saturated rings. The highest BCUT2D eigenvalue weighted by molar-refractivity contribution is 5.99. The van der Waals surface area contributed by atoms with Gasteiger partial charge in [0.1, 0.15) is 5.82 Å². The predicted octanol–water partition coefficient (Wildman–Crippen LogP) is 2.92. The number of carbonyl (C=O) groups is 1. The molecule has 4 aliphatic heterocycles. The van der Waals surface area contributed by atoms with Crippen molar-refractivity contribution in [1.29, 1.82) is 0 Å². The van der Waals surface area contributed by atoms with Gasteiger partial charge in [0.2, 0.25) is 11.9 Å². The Kier molecular flexibility index (Phi) is 8.15. The fourth-order valence-corrected chi connectivity index (χ4v) is 6.38. The predicted molar refractivity (Wildman–Crippen MR) is 170 cm³/mol. The topological polar surface area (TPSA) is 124 Å². The molecule has 6 heterocycles. The van der Waals surface area contributed by atoms with Crippen LogP contribution in [0, 0.1) is 0 Å². The largest absolute Gasteiger partial charge is 0.377 e. The van der Waals surface area contributed by atoms with Crippen molar-refractivity contribution in [2.75, 3.05) is 91.5 Å². The number of hydrogen-bond acceptors (Lipinski definition) is 11. The smallest absolute Gasteiger partial charge is 0.323 e. The maximum absolute atomic E-state index is 12.8.